The minimum absolute atomic E-state index is 0.397. The van der Waals surface area contributed by atoms with Crippen LogP contribution in [0.25, 0.3) is 0 Å². The van der Waals surface area contributed by atoms with Gasteiger partial charge in [-0.2, -0.15) is 0 Å². The Kier molecular flexibility index (Phi) is 4.54. The van der Waals surface area contributed by atoms with Crippen molar-refractivity contribution in [2.75, 3.05) is 7.11 Å². The van der Waals surface area contributed by atoms with Crippen LogP contribution in [0.3, 0.4) is 0 Å². The Morgan fingerprint density at radius 3 is 2.60 bits per heavy atom. The minimum Gasteiger partial charge on any atom is -0.496 e. The lowest BCUT2D eigenvalue weighted by molar-refractivity contribution is 0.411. The van der Waals surface area contributed by atoms with Gasteiger partial charge in [-0.05, 0) is 19.9 Å². The van der Waals surface area contributed by atoms with E-state index in [-0.39, 0.29) is 0 Å². The number of hydrogen-bond donors (Lipinski definition) is 0. The largest absolute Gasteiger partial charge is 0.496 e. The number of aryl methyl sites for hydroxylation is 2. The molecule has 6 heteroatoms. The van der Waals surface area contributed by atoms with Crippen LogP contribution in [-0.4, -0.2) is 26.1 Å². The van der Waals surface area contributed by atoms with Crippen LogP contribution >= 0.6 is 0 Å². The van der Waals surface area contributed by atoms with Crippen molar-refractivity contribution in [2.24, 2.45) is 7.05 Å². The fraction of sp³-hybridized carbons (Fsp3) is 0.429. The maximum atomic E-state index is 12.3. The third kappa shape index (κ3) is 3.25. The molecule has 1 heterocycles. The summed E-state index contributed by atoms with van der Waals surface area (Å²) in [5.74, 6) is 3.20. The van der Waals surface area contributed by atoms with E-state index in [1.807, 2.05) is 43.7 Å². The van der Waals surface area contributed by atoms with Gasteiger partial charge in [-0.3, -0.25) is 4.21 Å². The standard InChI is InChI=1S/C14H19N3O2S/c1-10-5-6-13(19-4)12(7-10)8-20(18)9-14-16-15-11(2)17(14)3/h5-7H,8-9H2,1-4H3/t20-/m0/s1. The van der Waals surface area contributed by atoms with Gasteiger partial charge in [-0.15, -0.1) is 10.2 Å². The summed E-state index contributed by atoms with van der Waals surface area (Å²) < 4.78 is 19.5. The molecule has 0 radical (unpaired) electrons. The lowest BCUT2D eigenvalue weighted by Gasteiger charge is -2.09. The van der Waals surface area contributed by atoms with Crippen LogP contribution < -0.4 is 4.74 Å². The van der Waals surface area contributed by atoms with Gasteiger partial charge in [0.25, 0.3) is 0 Å². The first kappa shape index (κ1) is 14.7. The van der Waals surface area contributed by atoms with Crippen molar-refractivity contribution in [3.05, 3.63) is 41.0 Å². The summed E-state index contributed by atoms with van der Waals surface area (Å²) in [5.41, 5.74) is 2.09. The Bertz CT molecular complexity index is 637. The van der Waals surface area contributed by atoms with Gasteiger partial charge in [-0.25, -0.2) is 0 Å². The lowest BCUT2D eigenvalue weighted by atomic mass is 10.1. The van der Waals surface area contributed by atoms with E-state index in [0.29, 0.717) is 11.5 Å². The summed E-state index contributed by atoms with van der Waals surface area (Å²) in [4.78, 5) is 0. The molecule has 0 N–H and O–H groups in total. The smallest absolute Gasteiger partial charge is 0.145 e. The molecule has 0 amide bonds. The fourth-order valence-corrected chi connectivity index (χ4v) is 3.18. The first-order chi connectivity index (χ1) is 9.51. The van der Waals surface area contributed by atoms with Crippen molar-refractivity contribution in [2.45, 2.75) is 25.4 Å². The predicted molar refractivity (Wildman–Crippen MR) is 79.0 cm³/mol. The lowest BCUT2D eigenvalue weighted by Crippen LogP contribution is -2.06. The molecule has 108 valence electrons. The normalized spacial score (nSPS) is 12.4. The third-order valence-electron chi connectivity index (χ3n) is 3.23. The second-order valence-corrected chi connectivity index (χ2v) is 6.22. The van der Waals surface area contributed by atoms with Gasteiger partial charge in [0.15, 0.2) is 0 Å². The zero-order valence-electron chi connectivity index (χ0n) is 12.2. The Morgan fingerprint density at radius 2 is 2.00 bits per heavy atom. The molecular formula is C14H19N3O2S. The summed E-state index contributed by atoms with van der Waals surface area (Å²) in [6.07, 6.45) is 0. The van der Waals surface area contributed by atoms with Crippen molar-refractivity contribution in [1.82, 2.24) is 14.8 Å². The van der Waals surface area contributed by atoms with Crippen molar-refractivity contribution in [3.8, 4) is 5.75 Å². The van der Waals surface area contributed by atoms with Crippen molar-refractivity contribution >= 4 is 10.8 Å². The summed E-state index contributed by atoms with van der Waals surface area (Å²) in [6, 6.07) is 5.91. The number of rotatable bonds is 5. The van der Waals surface area contributed by atoms with Crippen LogP contribution in [0.1, 0.15) is 22.8 Å². The van der Waals surface area contributed by atoms with Crippen LogP contribution in [0.5, 0.6) is 5.75 Å². The predicted octanol–water partition coefficient (Wildman–Crippen LogP) is 1.89. The average molecular weight is 293 g/mol. The second kappa shape index (κ2) is 6.17. The maximum absolute atomic E-state index is 12.3. The molecule has 1 aromatic heterocycles. The Morgan fingerprint density at radius 1 is 1.25 bits per heavy atom. The van der Waals surface area contributed by atoms with E-state index in [1.54, 1.807) is 7.11 Å². The molecule has 0 unspecified atom stereocenters. The Balaban J connectivity index is 2.12. The van der Waals surface area contributed by atoms with E-state index in [2.05, 4.69) is 10.2 Å². The molecule has 0 saturated heterocycles. The van der Waals surface area contributed by atoms with E-state index in [9.17, 15) is 4.21 Å². The van der Waals surface area contributed by atoms with Gasteiger partial charge in [0.2, 0.25) is 0 Å². The topological polar surface area (TPSA) is 57.0 Å². The molecule has 0 aliphatic rings. The van der Waals surface area contributed by atoms with Crippen LogP contribution in [0.15, 0.2) is 18.2 Å². The van der Waals surface area contributed by atoms with E-state index < -0.39 is 10.8 Å². The van der Waals surface area contributed by atoms with Crippen molar-refractivity contribution in [3.63, 3.8) is 0 Å². The number of aromatic nitrogens is 3. The molecule has 0 aliphatic carbocycles. The number of methoxy groups -OCH3 is 1. The summed E-state index contributed by atoms with van der Waals surface area (Å²) >= 11 is 0. The van der Waals surface area contributed by atoms with Gasteiger partial charge in [-0.1, -0.05) is 17.7 Å². The Labute approximate surface area is 121 Å². The van der Waals surface area contributed by atoms with E-state index in [1.165, 1.54) is 0 Å². The number of ether oxygens (including phenoxy) is 1. The zero-order valence-corrected chi connectivity index (χ0v) is 13.0. The molecule has 2 rings (SSSR count). The maximum Gasteiger partial charge on any atom is 0.145 e. The first-order valence-corrected chi connectivity index (χ1v) is 7.83. The highest BCUT2D eigenvalue weighted by atomic mass is 32.2. The number of nitrogens with zero attached hydrogens (tertiary/aromatic N) is 3. The number of hydrogen-bond acceptors (Lipinski definition) is 4. The molecule has 1 aromatic carbocycles. The molecule has 0 aliphatic heterocycles. The highest BCUT2D eigenvalue weighted by molar-refractivity contribution is 7.83. The summed E-state index contributed by atoms with van der Waals surface area (Å²) in [7, 11) is 2.47. The van der Waals surface area contributed by atoms with Gasteiger partial charge in [0, 0.05) is 23.4 Å². The van der Waals surface area contributed by atoms with Crippen LogP contribution in [-0.2, 0) is 29.4 Å². The summed E-state index contributed by atoms with van der Waals surface area (Å²) in [5, 5.41) is 8.02. The zero-order chi connectivity index (χ0) is 14.7. The minimum atomic E-state index is -1.04. The molecule has 0 saturated carbocycles. The number of benzene rings is 1. The van der Waals surface area contributed by atoms with Crippen molar-refractivity contribution < 1.29 is 8.95 Å². The molecule has 0 spiro atoms. The van der Waals surface area contributed by atoms with Crippen molar-refractivity contribution in [1.29, 1.82) is 0 Å². The molecular weight excluding hydrogens is 274 g/mol. The first-order valence-electron chi connectivity index (χ1n) is 6.34. The van der Waals surface area contributed by atoms with Gasteiger partial charge < -0.3 is 9.30 Å². The van der Waals surface area contributed by atoms with Crippen LogP contribution in [0.4, 0.5) is 0 Å². The Hall–Kier alpha value is -1.69. The van der Waals surface area contributed by atoms with E-state index >= 15 is 0 Å². The van der Waals surface area contributed by atoms with E-state index in [0.717, 1.165) is 28.5 Å². The van der Waals surface area contributed by atoms with E-state index in [4.69, 9.17) is 4.74 Å². The molecule has 0 fully saturated rings. The monoisotopic (exact) mass is 293 g/mol. The molecule has 1 atom stereocenters. The highest BCUT2D eigenvalue weighted by Crippen LogP contribution is 2.21. The fourth-order valence-electron chi connectivity index (χ4n) is 1.97. The molecule has 20 heavy (non-hydrogen) atoms. The molecule has 0 bridgehead atoms. The summed E-state index contributed by atoms with van der Waals surface area (Å²) in [6.45, 7) is 3.89. The van der Waals surface area contributed by atoms with Gasteiger partial charge in [0.05, 0.1) is 18.6 Å². The van der Waals surface area contributed by atoms with Crippen LogP contribution in [0, 0.1) is 13.8 Å². The highest BCUT2D eigenvalue weighted by Gasteiger charge is 2.12. The molecule has 2 aromatic rings. The van der Waals surface area contributed by atoms with Gasteiger partial charge in [0.1, 0.15) is 17.4 Å². The average Bonchev–Trinajstić information content (AvgIpc) is 2.71. The third-order valence-corrected chi connectivity index (χ3v) is 4.44. The van der Waals surface area contributed by atoms with Crippen LogP contribution in [0.2, 0.25) is 0 Å². The molecule has 5 nitrogen and oxygen atoms in total. The second-order valence-electron chi connectivity index (χ2n) is 4.77. The SMILES string of the molecule is COc1ccc(C)cc1C[S@](=O)Cc1nnc(C)n1C. The quantitative estimate of drug-likeness (QED) is 0.844. The van der Waals surface area contributed by atoms with Gasteiger partial charge >= 0.3 is 0 Å².